The Morgan fingerprint density at radius 3 is 1.19 bits per heavy atom. The number of nitrogens with zero attached hydrogens (tertiary/aromatic N) is 3. The Morgan fingerprint density at radius 1 is 0.491 bits per heavy atom. The number of aliphatic hydroxyl groups is 1. The summed E-state index contributed by atoms with van der Waals surface area (Å²) in [4.78, 5) is 28.4. The molecule has 0 aliphatic carbocycles. The van der Waals surface area contributed by atoms with Crippen LogP contribution >= 0.6 is 0 Å². The third-order valence-electron chi connectivity index (χ3n) is 10.2. The highest BCUT2D eigenvalue weighted by Crippen LogP contribution is 2.40. The minimum Gasteiger partial charge on any atom is -0.479 e. The Balaban J connectivity index is 1.58. The van der Waals surface area contributed by atoms with Crippen molar-refractivity contribution >= 4 is 58.0 Å². The smallest absolute Gasteiger partial charge is 0.362 e. The van der Waals surface area contributed by atoms with E-state index >= 15 is 0 Å². The fraction of sp³-hybridized carbons (Fsp3) is 0.0408. The van der Waals surface area contributed by atoms with Gasteiger partial charge in [0.1, 0.15) is 0 Å². The summed E-state index contributed by atoms with van der Waals surface area (Å²) in [7, 11) is 2.59. The molecule has 0 amide bonds. The van der Waals surface area contributed by atoms with E-state index in [9.17, 15) is 9.90 Å². The second-order valence-electron chi connectivity index (χ2n) is 13.5. The first kappa shape index (κ1) is 35.0. The van der Waals surface area contributed by atoms with Crippen LogP contribution in [0.1, 0.15) is 22.8 Å². The maximum Gasteiger partial charge on any atom is 0.362 e. The van der Waals surface area contributed by atoms with Gasteiger partial charge in [-0.25, -0.2) is 14.8 Å². The average molecular weight is 745 g/mol. The molecule has 57 heavy (non-hydrogen) atoms. The van der Waals surface area contributed by atoms with Crippen molar-refractivity contribution in [1.29, 1.82) is 0 Å². The van der Waals surface area contributed by atoms with Gasteiger partial charge in [-0.05, 0) is 70.8 Å². The number of nitrogens with one attached hydrogen (secondary N) is 1. The molecule has 276 valence electrons. The number of carbonyl (C=O) groups is 1. The summed E-state index contributed by atoms with van der Waals surface area (Å²) in [5.41, 5.74) is 12.4. The van der Waals surface area contributed by atoms with Gasteiger partial charge < -0.3 is 19.6 Å². The van der Waals surface area contributed by atoms with Gasteiger partial charge in [0.05, 0.1) is 48.0 Å². The van der Waals surface area contributed by atoms with Crippen LogP contribution in [-0.2, 0) is 14.3 Å². The lowest BCUT2D eigenvalue weighted by Gasteiger charge is -2.16. The van der Waals surface area contributed by atoms with Crippen LogP contribution in [0.25, 0.3) is 96.6 Å². The first-order valence-corrected chi connectivity index (χ1v) is 18.5. The Labute approximate surface area is 329 Å². The van der Waals surface area contributed by atoms with Gasteiger partial charge >= 0.3 is 11.9 Å². The summed E-state index contributed by atoms with van der Waals surface area (Å²) in [5.74, 6) is -1.40. The zero-order valence-electron chi connectivity index (χ0n) is 31.2. The second-order valence-corrected chi connectivity index (χ2v) is 13.5. The highest BCUT2D eigenvalue weighted by molar-refractivity contribution is 6.15. The minimum atomic E-state index is -0.796. The molecule has 2 N–H and O–H groups in total. The molecule has 8 bridgehead atoms. The summed E-state index contributed by atoms with van der Waals surface area (Å²) < 4.78 is 12.4. The van der Waals surface area contributed by atoms with Gasteiger partial charge in [0.15, 0.2) is 0 Å². The van der Waals surface area contributed by atoms with Crippen molar-refractivity contribution in [2.24, 2.45) is 0 Å². The van der Waals surface area contributed by atoms with Crippen LogP contribution in [0.5, 0.6) is 0 Å². The van der Waals surface area contributed by atoms with E-state index in [1.165, 1.54) is 14.2 Å². The van der Waals surface area contributed by atoms with Crippen LogP contribution in [0.3, 0.4) is 0 Å². The summed E-state index contributed by atoms with van der Waals surface area (Å²) in [6.45, 7) is 0. The van der Waals surface area contributed by atoms with Crippen molar-refractivity contribution in [3.05, 3.63) is 174 Å². The normalized spacial score (nSPS) is 12.3. The van der Waals surface area contributed by atoms with Crippen molar-refractivity contribution in [2.45, 2.75) is 0 Å². The van der Waals surface area contributed by atoms with Crippen molar-refractivity contribution < 1.29 is 19.4 Å². The number of fused-ring (bicyclic) bond motifs is 8. The molecule has 0 unspecified atom stereocenters. The fourth-order valence-corrected chi connectivity index (χ4v) is 7.66. The van der Waals surface area contributed by atoms with Crippen LogP contribution in [0, 0.1) is 0 Å². The first-order valence-electron chi connectivity index (χ1n) is 18.5. The van der Waals surface area contributed by atoms with E-state index in [1.807, 2.05) is 133 Å². The molecule has 0 saturated heterocycles. The number of benzene rings is 4. The number of aromatic nitrogens is 4. The molecule has 8 nitrogen and oxygen atoms in total. The summed E-state index contributed by atoms with van der Waals surface area (Å²) in [6.07, 6.45) is 8.02. The molecule has 0 fully saturated rings. The van der Waals surface area contributed by atoms with Gasteiger partial charge in [-0.3, -0.25) is 4.57 Å². The molecular weight excluding hydrogens is 709 g/mol. The zero-order valence-corrected chi connectivity index (χ0v) is 31.2. The molecule has 5 heterocycles. The molecule has 2 aliphatic heterocycles. The molecule has 0 radical (unpaired) electrons. The Bertz CT molecular complexity index is 2750. The van der Waals surface area contributed by atoms with E-state index in [1.54, 1.807) is 4.57 Å². The van der Waals surface area contributed by atoms with Gasteiger partial charge in [-0.2, -0.15) is 0 Å². The third-order valence-corrected chi connectivity index (χ3v) is 10.2. The molecule has 8 heteroatoms. The molecule has 3 aromatic heterocycles. The monoisotopic (exact) mass is 744 g/mol. The van der Waals surface area contributed by atoms with E-state index in [0.29, 0.717) is 33.5 Å². The van der Waals surface area contributed by atoms with Crippen LogP contribution in [0.2, 0.25) is 0 Å². The Kier molecular flexibility index (Phi) is 9.12. The van der Waals surface area contributed by atoms with Crippen LogP contribution in [-0.4, -0.2) is 44.8 Å². The number of hydrogen-bond donors (Lipinski definition) is 2. The van der Waals surface area contributed by atoms with E-state index in [-0.39, 0.29) is 5.70 Å². The molecular formula is C49H36N4O4. The molecule has 4 aromatic carbocycles. The molecule has 0 saturated carbocycles. The predicted molar refractivity (Wildman–Crippen MR) is 229 cm³/mol. The van der Waals surface area contributed by atoms with Crippen LogP contribution in [0.4, 0.5) is 0 Å². The van der Waals surface area contributed by atoms with Gasteiger partial charge in [-0.1, -0.05) is 121 Å². The number of rotatable bonds is 7. The highest BCUT2D eigenvalue weighted by atomic mass is 16.6. The topological polar surface area (TPSA) is 102 Å². The molecule has 7 aromatic rings. The third kappa shape index (κ3) is 6.29. The Hall–Kier alpha value is -7.71. The van der Waals surface area contributed by atoms with Crippen molar-refractivity contribution in [2.75, 3.05) is 14.2 Å². The maximum atomic E-state index is 13.9. The summed E-state index contributed by atoms with van der Waals surface area (Å²) >= 11 is 0. The second kappa shape index (κ2) is 14.8. The number of aromatic amines is 1. The lowest BCUT2D eigenvalue weighted by Crippen LogP contribution is -2.15. The van der Waals surface area contributed by atoms with Crippen LogP contribution in [0.15, 0.2) is 152 Å². The summed E-state index contributed by atoms with van der Waals surface area (Å²) in [5, 5.41) is 11.5. The van der Waals surface area contributed by atoms with Crippen molar-refractivity contribution in [1.82, 2.24) is 19.5 Å². The van der Waals surface area contributed by atoms with E-state index in [0.717, 1.165) is 55.8 Å². The average Bonchev–Trinajstić information content (AvgIpc) is 4.10. The largest absolute Gasteiger partial charge is 0.479 e. The van der Waals surface area contributed by atoms with E-state index in [2.05, 4.69) is 41.4 Å². The lowest BCUT2D eigenvalue weighted by molar-refractivity contribution is -0.134. The zero-order chi connectivity index (χ0) is 38.9. The number of aliphatic hydroxyl groups excluding tert-OH is 1. The number of H-pyrrole nitrogens is 1. The van der Waals surface area contributed by atoms with Gasteiger partial charge in [0.25, 0.3) is 0 Å². The number of ether oxygens (including phenoxy) is 2. The quantitative estimate of drug-likeness (QED) is 0.0957. The number of carbonyl (C=O) groups excluding carboxylic acids is 1. The van der Waals surface area contributed by atoms with E-state index < -0.39 is 11.9 Å². The number of hydrogen-bond acceptors (Lipinski definition) is 6. The van der Waals surface area contributed by atoms with Crippen LogP contribution < -0.4 is 0 Å². The summed E-state index contributed by atoms with van der Waals surface area (Å²) in [6, 6.07) is 48.2. The van der Waals surface area contributed by atoms with Gasteiger partial charge in [0, 0.05) is 33.3 Å². The van der Waals surface area contributed by atoms with Crippen molar-refractivity contribution in [3.8, 4) is 44.5 Å². The number of esters is 1. The molecule has 2 aliphatic rings. The molecule has 0 atom stereocenters. The molecule has 9 rings (SSSR count). The maximum absolute atomic E-state index is 13.9. The Morgan fingerprint density at radius 2 is 0.842 bits per heavy atom. The predicted octanol–water partition coefficient (Wildman–Crippen LogP) is 11.3. The minimum absolute atomic E-state index is 0.206. The SMILES string of the molecule is COC(=O)/C(=C(/O)OC)n1c2ccc1c(-c1ccccc1)c1nc(c(-c3ccccc3)c3ccc([nH]3)c(-c3ccccc3)c3nc(c2-c2ccccc2)C=C3)C=C1. The number of methoxy groups -OCH3 is 2. The fourth-order valence-electron chi connectivity index (χ4n) is 7.66. The first-order chi connectivity index (χ1) is 28.0. The van der Waals surface area contributed by atoms with Crippen molar-refractivity contribution in [3.63, 3.8) is 0 Å². The van der Waals surface area contributed by atoms with Gasteiger partial charge in [-0.15, -0.1) is 0 Å². The molecule has 0 spiro atoms. The van der Waals surface area contributed by atoms with Gasteiger partial charge in [0.2, 0.25) is 5.70 Å². The van der Waals surface area contributed by atoms with E-state index in [4.69, 9.17) is 19.4 Å². The lowest BCUT2D eigenvalue weighted by atomic mass is 10.0. The highest BCUT2D eigenvalue weighted by Gasteiger charge is 2.27. The standard InChI is InChI=1S/C49H36N4O4/c1-56-48(54)47(49(55)57-2)53-41-29-30-42(53)46(34-21-13-6-14-22-34)40-28-26-38(52-40)44(32-17-9-4-10-18-32)36-24-23-35(50-36)43(31-15-7-3-8-16-31)37-25-27-39(51-37)45(41)33-19-11-5-12-20-33/h3-30,50,54H,1-2H3/b43-35?,43-37?,44-36?,44-38?,45-39?,45-41?,46-40?,46-42?,48-47+.